The van der Waals surface area contributed by atoms with Crippen molar-refractivity contribution in [2.75, 3.05) is 26.2 Å². The van der Waals surface area contributed by atoms with Crippen LogP contribution in [0.15, 0.2) is 0 Å². The topological polar surface area (TPSA) is 64.6 Å². The Kier molecular flexibility index (Phi) is 8.17. The molecule has 0 aromatic carbocycles. The second kappa shape index (κ2) is 10.1. The van der Waals surface area contributed by atoms with E-state index in [0.717, 1.165) is 25.3 Å². The van der Waals surface area contributed by atoms with E-state index in [1.807, 2.05) is 6.92 Å². The summed E-state index contributed by atoms with van der Waals surface area (Å²) in [6.07, 6.45) is 11.0. The molecule has 0 bridgehead atoms. The van der Waals surface area contributed by atoms with Gasteiger partial charge in [-0.25, -0.2) is 4.79 Å². The van der Waals surface area contributed by atoms with E-state index in [9.17, 15) is 4.79 Å². The third-order valence-electron chi connectivity index (χ3n) is 5.39. The maximum Gasteiger partial charge on any atom is 0.315 e. The second-order valence-corrected chi connectivity index (χ2v) is 7.42. The number of likely N-dealkylation sites (tertiary alicyclic amines) is 1. The smallest absolute Gasteiger partial charge is 0.315 e. The molecule has 1 saturated heterocycles. The predicted octanol–water partition coefficient (Wildman–Crippen LogP) is 2.49. The minimum absolute atomic E-state index is 0.0695. The molecule has 2 unspecified atom stereocenters. The Morgan fingerprint density at radius 3 is 2.74 bits per heavy atom. The van der Waals surface area contributed by atoms with Crippen LogP contribution in [-0.4, -0.2) is 54.4 Å². The molecule has 2 amide bonds. The lowest BCUT2D eigenvalue weighted by Crippen LogP contribution is -2.47. The van der Waals surface area contributed by atoms with E-state index in [4.69, 9.17) is 5.11 Å². The first-order chi connectivity index (χ1) is 11.2. The average Bonchev–Trinajstić information content (AvgIpc) is 2.99. The van der Waals surface area contributed by atoms with Gasteiger partial charge in [-0.05, 0) is 57.9 Å². The molecular weight excluding hydrogens is 290 g/mol. The van der Waals surface area contributed by atoms with Crippen molar-refractivity contribution < 1.29 is 9.90 Å². The SMILES string of the molecule is CC(CCCO)NC(=O)NCC1CCCN1CC1CCCCC1. The number of aliphatic hydroxyl groups excluding tert-OH is 1. The van der Waals surface area contributed by atoms with Crippen molar-refractivity contribution in [1.82, 2.24) is 15.5 Å². The Balaban J connectivity index is 1.66. The van der Waals surface area contributed by atoms with Crippen LogP contribution in [0.2, 0.25) is 0 Å². The van der Waals surface area contributed by atoms with Gasteiger partial charge < -0.3 is 15.7 Å². The van der Waals surface area contributed by atoms with E-state index in [0.29, 0.717) is 6.04 Å². The van der Waals surface area contributed by atoms with Gasteiger partial charge in [0.05, 0.1) is 0 Å². The lowest BCUT2D eigenvalue weighted by Gasteiger charge is -2.31. The predicted molar refractivity (Wildman–Crippen MR) is 93.5 cm³/mol. The molecular formula is C18H35N3O2. The van der Waals surface area contributed by atoms with Crippen LogP contribution in [-0.2, 0) is 0 Å². The summed E-state index contributed by atoms with van der Waals surface area (Å²) < 4.78 is 0. The maximum atomic E-state index is 12.0. The first-order valence-corrected chi connectivity index (χ1v) is 9.58. The first-order valence-electron chi connectivity index (χ1n) is 9.58. The average molecular weight is 325 g/mol. The normalized spacial score (nSPS) is 24.5. The summed E-state index contributed by atoms with van der Waals surface area (Å²) in [4.78, 5) is 14.6. The summed E-state index contributed by atoms with van der Waals surface area (Å²) in [6, 6.07) is 0.555. The van der Waals surface area contributed by atoms with Crippen molar-refractivity contribution in [3.63, 3.8) is 0 Å². The van der Waals surface area contributed by atoms with E-state index >= 15 is 0 Å². The monoisotopic (exact) mass is 325 g/mol. The van der Waals surface area contributed by atoms with Gasteiger partial charge >= 0.3 is 6.03 Å². The number of nitrogens with one attached hydrogen (secondary N) is 2. The van der Waals surface area contributed by atoms with E-state index in [-0.39, 0.29) is 18.7 Å². The molecule has 0 radical (unpaired) electrons. The van der Waals surface area contributed by atoms with Gasteiger partial charge in [0.15, 0.2) is 0 Å². The zero-order valence-electron chi connectivity index (χ0n) is 14.7. The number of aliphatic hydroxyl groups is 1. The van der Waals surface area contributed by atoms with Gasteiger partial charge in [0.25, 0.3) is 0 Å². The molecule has 1 aliphatic carbocycles. The molecule has 1 heterocycles. The highest BCUT2D eigenvalue weighted by Gasteiger charge is 2.27. The summed E-state index contributed by atoms with van der Waals surface area (Å²) in [7, 11) is 0. The number of carbonyl (C=O) groups is 1. The number of hydrogen-bond acceptors (Lipinski definition) is 3. The fraction of sp³-hybridized carbons (Fsp3) is 0.944. The first kappa shape index (κ1) is 18.5. The molecule has 23 heavy (non-hydrogen) atoms. The standard InChI is InChI=1S/C18H35N3O2/c1-15(7-6-12-22)20-18(23)19-13-17-10-5-11-21(17)14-16-8-3-2-4-9-16/h15-17,22H,2-14H2,1H3,(H2,19,20,23). The molecule has 5 heteroatoms. The van der Waals surface area contributed by atoms with E-state index < -0.39 is 0 Å². The Hall–Kier alpha value is -0.810. The lowest BCUT2D eigenvalue weighted by atomic mass is 9.89. The molecule has 2 aliphatic rings. The number of nitrogens with zero attached hydrogens (tertiary/aromatic N) is 1. The van der Waals surface area contributed by atoms with Crippen LogP contribution in [0.3, 0.4) is 0 Å². The number of carbonyl (C=O) groups excluding carboxylic acids is 1. The van der Waals surface area contributed by atoms with Crippen LogP contribution >= 0.6 is 0 Å². The van der Waals surface area contributed by atoms with Crippen LogP contribution < -0.4 is 10.6 Å². The zero-order chi connectivity index (χ0) is 16.5. The highest BCUT2D eigenvalue weighted by molar-refractivity contribution is 5.74. The van der Waals surface area contributed by atoms with Crippen molar-refractivity contribution in [3.8, 4) is 0 Å². The summed E-state index contributed by atoms with van der Waals surface area (Å²) in [5.41, 5.74) is 0. The molecule has 2 atom stereocenters. The van der Waals surface area contributed by atoms with Crippen LogP contribution in [0.4, 0.5) is 4.79 Å². The van der Waals surface area contributed by atoms with Gasteiger partial charge in [0.1, 0.15) is 0 Å². The minimum Gasteiger partial charge on any atom is -0.396 e. The Bertz CT molecular complexity index is 345. The highest BCUT2D eigenvalue weighted by atomic mass is 16.3. The quantitative estimate of drug-likeness (QED) is 0.642. The molecule has 5 nitrogen and oxygen atoms in total. The van der Waals surface area contributed by atoms with Crippen molar-refractivity contribution in [2.24, 2.45) is 5.92 Å². The van der Waals surface area contributed by atoms with Gasteiger partial charge in [0.2, 0.25) is 0 Å². The number of rotatable bonds is 8. The molecule has 2 rings (SSSR count). The van der Waals surface area contributed by atoms with Gasteiger partial charge in [-0.1, -0.05) is 19.3 Å². The third kappa shape index (κ3) is 6.68. The fourth-order valence-corrected chi connectivity index (χ4v) is 4.02. The van der Waals surface area contributed by atoms with Gasteiger partial charge in [-0.3, -0.25) is 4.90 Å². The van der Waals surface area contributed by atoms with Crippen molar-refractivity contribution in [2.45, 2.75) is 76.8 Å². The summed E-state index contributed by atoms with van der Waals surface area (Å²) >= 11 is 0. The number of hydrogen-bond donors (Lipinski definition) is 3. The van der Waals surface area contributed by atoms with E-state index in [1.54, 1.807) is 0 Å². The van der Waals surface area contributed by atoms with E-state index in [2.05, 4.69) is 15.5 Å². The van der Waals surface area contributed by atoms with Gasteiger partial charge in [0, 0.05) is 31.8 Å². The maximum absolute atomic E-state index is 12.0. The van der Waals surface area contributed by atoms with Crippen LogP contribution in [0.1, 0.15) is 64.7 Å². The Morgan fingerprint density at radius 1 is 1.22 bits per heavy atom. The second-order valence-electron chi connectivity index (χ2n) is 7.42. The summed E-state index contributed by atoms with van der Waals surface area (Å²) in [6.45, 7) is 5.34. The number of amides is 2. The molecule has 134 valence electrons. The van der Waals surface area contributed by atoms with Crippen LogP contribution in [0.5, 0.6) is 0 Å². The largest absolute Gasteiger partial charge is 0.396 e. The Labute approximate surface area is 141 Å². The van der Waals surface area contributed by atoms with Crippen LogP contribution in [0.25, 0.3) is 0 Å². The summed E-state index contributed by atoms with van der Waals surface area (Å²) in [5.74, 6) is 0.872. The molecule has 0 spiro atoms. The third-order valence-corrected chi connectivity index (χ3v) is 5.39. The zero-order valence-corrected chi connectivity index (χ0v) is 14.7. The minimum atomic E-state index is -0.0695. The molecule has 3 N–H and O–H groups in total. The highest BCUT2D eigenvalue weighted by Crippen LogP contribution is 2.27. The van der Waals surface area contributed by atoms with Crippen molar-refractivity contribution >= 4 is 6.03 Å². The molecule has 1 saturated carbocycles. The Morgan fingerprint density at radius 2 is 2.00 bits per heavy atom. The van der Waals surface area contributed by atoms with Crippen LogP contribution in [0, 0.1) is 5.92 Å². The van der Waals surface area contributed by atoms with E-state index in [1.165, 1.54) is 58.0 Å². The van der Waals surface area contributed by atoms with Gasteiger partial charge in [-0.2, -0.15) is 0 Å². The van der Waals surface area contributed by atoms with Crippen molar-refractivity contribution in [3.05, 3.63) is 0 Å². The number of urea groups is 1. The van der Waals surface area contributed by atoms with Crippen molar-refractivity contribution in [1.29, 1.82) is 0 Å². The molecule has 0 aromatic heterocycles. The lowest BCUT2D eigenvalue weighted by molar-refractivity contribution is 0.183. The molecule has 2 fully saturated rings. The molecule has 0 aromatic rings. The van der Waals surface area contributed by atoms with Gasteiger partial charge in [-0.15, -0.1) is 0 Å². The fourth-order valence-electron chi connectivity index (χ4n) is 4.02. The summed E-state index contributed by atoms with van der Waals surface area (Å²) in [5, 5.41) is 14.8. The molecule has 1 aliphatic heterocycles.